The number of hydrogen-bond acceptors (Lipinski definition) is 6. The van der Waals surface area contributed by atoms with Crippen LogP contribution in [-0.4, -0.2) is 27.5 Å². The summed E-state index contributed by atoms with van der Waals surface area (Å²) in [4.78, 5) is 13.3. The maximum absolute atomic E-state index is 13.3. The molecule has 0 saturated carbocycles. The van der Waals surface area contributed by atoms with Crippen molar-refractivity contribution in [1.82, 2.24) is 0 Å². The predicted octanol–water partition coefficient (Wildman–Crippen LogP) is 4.42. The monoisotopic (exact) mass is 420 g/mol. The van der Waals surface area contributed by atoms with Gasteiger partial charge in [-0.25, -0.2) is 0 Å². The highest BCUT2D eigenvalue weighted by Gasteiger charge is 2.37. The summed E-state index contributed by atoms with van der Waals surface area (Å²) in [5.74, 6) is 1.02. The Labute approximate surface area is 179 Å². The number of aromatic hydroxyl groups is 1. The van der Waals surface area contributed by atoms with Gasteiger partial charge in [-0.05, 0) is 51.5 Å². The van der Waals surface area contributed by atoms with E-state index in [1.807, 2.05) is 44.2 Å². The smallest absolute Gasteiger partial charge is 0.204 e. The number of fused-ring (bicyclic) bond motifs is 3. The lowest BCUT2D eigenvalue weighted by Crippen LogP contribution is -2.39. The van der Waals surface area contributed by atoms with Crippen molar-refractivity contribution >= 4 is 17.0 Å². The van der Waals surface area contributed by atoms with Gasteiger partial charge in [0.1, 0.15) is 46.2 Å². The van der Waals surface area contributed by atoms with Crippen molar-refractivity contribution in [1.29, 1.82) is 0 Å². The molecule has 2 aromatic carbocycles. The first-order valence-corrected chi connectivity index (χ1v) is 10.3. The largest absolute Gasteiger partial charge is 0.507 e. The van der Waals surface area contributed by atoms with Crippen molar-refractivity contribution in [2.45, 2.75) is 51.4 Å². The summed E-state index contributed by atoms with van der Waals surface area (Å²) in [6, 6.07) is 7.12. The zero-order chi connectivity index (χ0) is 22.1. The van der Waals surface area contributed by atoms with E-state index in [4.69, 9.17) is 13.9 Å². The minimum atomic E-state index is -1.09. The van der Waals surface area contributed by atoms with Crippen LogP contribution < -0.4 is 14.9 Å². The number of rotatable bonds is 2. The lowest BCUT2D eigenvalue weighted by molar-refractivity contribution is -0.0229. The lowest BCUT2D eigenvalue weighted by Gasteiger charge is -2.28. The van der Waals surface area contributed by atoms with Gasteiger partial charge in [-0.1, -0.05) is 12.1 Å². The summed E-state index contributed by atoms with van der Waals surface area (Å²) in [6.45, 7) is 7.26. The molecule has 31 heavy (non-hydrogen) atoms. The van der Waals surface area contributed by atoms with Crippen LogP contribution in [0.25, 0.3) is 28.2 Å². The van der Waals surface area contributed by atoms with Crippen molar-refractivity contribution in [2.75, 3.05) is 0 Å². The Bertz CT molecular complexity index is 1310. The normalized spacial score (nSPS) is 18.9. The van der Waals surface area contributed by atoms with Gasteiger partial charge in [0.2, 0.25) is 5.43 Å². The van der Waals surface area contributed by atoms with E-state index in [0.29, 0.717) is 28.9 Å². The van der Waals surface area contributed by atoms with Crippen LogP contribution in [0.3, 0.4) is 0 Å². The summed E-state index contributed by atoms with van der Waals surface area (Å²) >= 11 is 0. The van der Waals surface area contributed by atoms with Crippen molar-refractivity contribution in [3.8, 4) is 28.4 Å². The molecule has 0 spiro atoms. The third-order valence-electron chi connectivity index (χ3n) is 5.91. The quantitative estimate of drug-likeness (QED) is 0.638. The molecule has 2 aliphatic heterocycles. The highest BCUT2D eigenvalue weighted by atomic mass is 16.5. The Morgan fingerprint density at radius 3 is 2.68 bits per heavy atom. The van der Waals surface area contributed by atoms with E-state index >= 15 is 0 Å². The highest BCUT2D eigenvalue weighted by Crippen LogP contribution is 2.43. The van der Waals surface area contributed by atoms with Crippen molar-refractivity contribution < 1.29 is 24.1 Å². The van der Waals surface area contributed by atoms with Gasteiger partial charge in [-0.2, -0.15) is 0 Å². The molecule has 0 bridgehead atoms. The maximum Gasteiger partial charge on any atom is 0.204 e. The minimum absolute atomic E-state index is 0.113. The molecule has 0 radical (unpaired) electrons. The van der Waals surface area contributed by atoms with Crippen molar-refractivity contribution in [3.63, 3.8) is 0 Å². The number of phenolic OH excluding ortho intramolecular Hbond substituents is 1. The average molecular weight is 420 g/mol. The Balaban J connectivity index is 1.62. The Hall–Kier alpha value is -3.25. The van der Waals surface area contributed by atoms with Crippen LogP contribution >= 0.6 is 0 Å². The second-order valence-electron chi connectivity index (χ2n) is 9.31. The van der Waals surface area contributed by atoms with Crippen LogP contribution in [0.4, 0.5) is 0 Å². The van der Waals surface area contributed by atoms with E-state index < -0.39 is 11.7 Å². The van der Waals surface area contributed by atoms with Gasteiger partial charge in [0.05, 0.1) is 11.2 Å². The molecule has 0 fully saturated rings. The van der Waals surface area contributed by atoms with Gasteiger partial charge >= 0.3 is 0 Å². The second-order valence-corrected chi connectivity index (χ2v) is 9.31. The zero-order valence-electron chi connectivity index (χ0n) is 17.9. The highest BCUT2D eigenvalue weighted by molar-refractivity contribution is 5.90. The average Bonchev–Trinajstić information content (AvgIpc) is 3.12. The number of benzene rings is 2. The molecule has 1 atom stereocenters. The van der Waals surface area contributed by atoms with E-state index in [2.05, 4.69) is 0 Å². The molecule has 1 aromatic heterocycles. The third-order valence-corrected chi connectivity index (χ3v) is 5.91. The fourth-order valence-electron chi connectivity index (χ4n) is 4.11. The van der Waals surface area contributed by atoms with Crippen LogP contribution in [0.5, 0.6) is 17.2 Å². The van der Waals surface area contributed by atoms with Crippen molar-refractivity contribution in [3.05, 3.63) is 58.0 Å². The van der Waals surface area contributed by atoms with E-state index in [-0.39, 0.29) is 27.7 Å². The van der Waals surface area contributed by atoms with Crippen LogP contribution in [-0.2, 0) is 6.42 Å². The Morgan fingerprint density at radius 2 is 1.94 bits per heavy atom. The number of hydrogen-bond donors (Lipinski definition) is 2. The van der Waals surface area contributed by atoms with E-state index in [1.165, 1.54) is 6.26 Å². The van der Waals surface area contributed by atoms with Gasteiger partial charge < -0.3 is 24.1 Å². The van der Waals surface area contributed by atoms with Gasteiger partial charge in [0, 0.05) is 23.6 Å². The number of aliphatic hydroxyl groups is 1. The first kappa shape index (κ1) is 19.7. The van der Waals surface area contributed by atoms with Gasteiger partial charge in [0.15, 0.2) is 0 Å². The van der Waals surface area contributed by atoms with Gasteiger partial charge in [-0.15, -0.1) is 0 Å². The summed E-state index contributed by atoms with van der Waals surface area (Å²) in [5, 5.41) is 21.3. The fourth-order valence-corrected chi connectivity index (χ4v) is 4.11. The van der Waals surface area contributed by atoms with Crippen LogP contribution in [0.1, 0.15) is 38.8 Å². The molecule has 0 amide bonds. The minimum Gasteiger partial charge on any atom is -0.507 e. The van der Waals surface area contributed by atoms with Crippen LogP contribution in [0, 0.1) is 0 Å². The van der Waals surface area contributed by atoms with Crippen LogP contribution in [0.15, 0.2) is 45.8 Å². The van der Waals surface area contributed by atoms with Gasteiger partial charge in [0.25, 0.3) is 0 Å². The molecule has 6 heteroatoms. The molecule has 0 saturated heterocycles. The molecule has 2 aliphatic rings. The molecule has 0 unspecified atom stereocenters. The molecule has 2 N–H and O–H groups in total. The van der Waals surface area contributed by atoms with E-state index in [0.717, 1.165) is 11.3 Å². The first-order valence-electron chi connectivity index (χ1n) is 10.3. The number of ether oxygens (including phenoxy) is 2. The molecule has 0 aliphatic carbocycles. The summed E-state index contributed by atoms with van der Waals surface area (Å²) in [5.41, 5.74) is 0.844. The summed E-state index contributed by atoms with van der Waals surface area (Å²) < 4.78 is 17.5. The van der Waals surface area contributed by atoms with E-state index in [1.54, 1.807) is 19.9 Å². The van der Waals surface area contributed by atoms with Gasteiger partial charge in [-0.3, -0.25) is 4.79 Å². The fraction of sp³-hybridized carbons (Fsp3) is 0.320. The Morgan fingerprint density at radius 1 is 1.16 bits per heavy atom. The van der Waals surface area contributed by atoms with E-state index in [9.17, 15) is 15.0 Å². The molecule has 5 rings (SSSR count). The molecular formula is C25H24O6. The SMILES string of the molecule is CC1(C)C=Cc2cc(-c3coc4cc5c(c(O)c4c3=O)C[C@H](C(C)(C)O)O5)ccc2O1. The maximum atomic E-state index is 13.3. The molecule has 3 heterocycles. The Kier molecular flexibility index (Phi) is 4.05. The molecule has 160 valence electrons. The second kappa shape index (κ2) is 6.37. The zero-order valence-corrected chi connectivity index (χ0v) is 17.9. The number of phenols is 1. The molecular weight excluding hydrogens is 396 g/mol. The molecule has 3 aromatic rings. The topological polar surface area (TPSA) is 89.1 Å². The first-order chi connectivity index (χ1) is 14.5. The van der Waals surface area contributed by atoms with Crippen molar-refractivity contribution in [2.24, 2.45) is 0 Å². The summed E-state index contributed by atoms with van der Waals surface area (Å²) in [7, 11) is 0. The lowest BCUT2D eigenvalue weighted by atomic mass is 9.95. The standard InChI is InChI=1S/C25H24O6/c1-24(2)8-7-14-9-13(5-6-17(14)31-24)16-12-29-19-11-18-15(22(26)21(19)23(16)27)10-20(30-18)25(3,4)28/h5-9,11-12,20,26,28H,10H2,1-4H3/t20-/m1/s1. The predicted molar refractivity (Wildman–Crippen MR) is 118 cm³/mol. The van der Waals surface area contributed by atoms with Crippen LogP contribution in [0.2, 0.25) is 0 Å². The summed E-state index contributed by atoms with van der Waals surface area (Å²) in [6.07, 6.45) is 5.13. The third kappa shape index (κ3) is 3.18. The molecule has 6 nitrogen and oxygen atoms in total.